The average Bonchev–Trinajstić information content (AvgIpc) is 2.35. The van der Waals surface area contributed by atoms with Crippen molar-refractivity contribution in [3.05, 3.63) is 29.3 Å². The van der Waals surface area contributed by atoms with E-state index in [9.17, 15) is 23.1 Å². The van der Waals surface area contributed by atoms with Crippen LogP contribution in [0, 0.1) is 0 Å². The fourth-order valence-corrected chi connectivity index (χ4v) is 1.83. The van der Waals surface area contributed by atoms with Gasteiger partial charge in [0, 0.05) is 31.9 Å². The highest BCUT2D eigenvalue weighted by molar-refractivity contribution is 5.94. The highest BCUT2D eigenvalue weighted by Crippen LogP contribution is 2.35. The van der Waals surface area contributed by atoms with Gasteiger partial charge in [0.2, 0.25) is 0 Å². The van der Waals surface area contributed by atoms with Crippen molar-refractivity contribution in [2.75, 3.05) is 26.0 Å². The number of carbonyl (C=O) groups excluding carboxylic acids is 1. The molecule has 1 amide bonds. The third-order valence-corrected chi connectivity index (χ3v) is 2.73. The zero-order chi connectivity index (χ0) is 15.5. The van der Waals surface area contributed by atoms with E-state index in [1.165, 1.54) is 38.1 Å². The Balaban J connectivity index is 3.12. The van der Waals surface area contributed by atoms with Crippen LogP contribution in [-0.2, 0) is 6.18 Å². The van der Waals surface area contributed by atoms with E-state index in [4.69, 9.17) is 0 Å². The van der Waals surface area contributed by atoms with E-state index in [0.29, 0.717) is 0 Å². The Hall–Kier alpha value is -1.76. The van der Waals surface area contributed by atoms with Crippen LogP contribution in [0.1, 0.15) is 22.8 Å². The molecule has 0 aliphatic carbocycles. The largest absolute Gasteiger partial charge is 0.418 e. The summed E-state index contributed by atoms with van der Waals surface area (Å²) in [6.07, 6.45) is -5.29. The van der Waals surface area contributed by atoms with Crippen molar-refractivity contribution in [2.24, 2.45) is 0 Å². The summed E-state index contributed by atoms with van der Waals surface area (Å²) in [6, 6.07) is 3.35. The first-order chi connectivity index (χ1) is 9.16. The minimum absolute atomic E-state index is 0.0496. The molecule has 1 atom stereocenters. The van der Waals surface area contributed by atoms with E-state index in [1.807, 2.05) is 0 Å². The second-order valence-corrected chi connectivity index (χ2v) is 4.54. The maximum Gasteiger partial charge on any atom is 0.418 e. The summed E-state index contributed by atoms with van der Waals surface area (Å²) >= 11 is 0. The average molecular weight is 290 g/mol. The van der Waals surface area contributed by atoms with Crippen molar-refractivity contribution < 1.29 is 23.1 Å². The van der Waals surface area contributed by atoms with Crippen LogP contribution in [0.15, 0.2) is 18.2 Å². The van der Waals surface area contributed by atoms with Crippen molar-refractivity contribution in [1.29, 1.82) is 0 Å². The number of likely N-dealkylation sites (N-methyl/N-ethyl adjacent to an activating group) is 1. The third-order valence-electron chi connectivity index (χ3n) is 2.73. The molecule has 0 radical (unpaired) electrons. The number of hydrogen-bond donors (Lipinski definition) is 2. The number of alkyl halides is 3. The van der Waals surface area contributed by atoms with Gasteiger partial charge < -0.3 is 15.3 Å². The van der Waals surface area contributed by atoms with Crippen LogP contribution in [0.5, 0.6) is 0 Å². The van der Waals surface area contributed by atoms with Gasteiger partial charge in [0.1, 0.15) is 0 Å². The number of amides is 1. The van der Waals surface area contributed by atoms with E-state index >= 15 is 0 Å². The molecule has 0 saturated carbocycles. The van der Waals surface area contributed by atoms with Gasteiger partial charge in [-0.15, -0.1) is 0 Å². The molecule has 1 aromatic carbocycles. The van der Waals surface area contributed by atoms with Gasteiger partial charge in [-0.3, -0.25) is 4.79 Å². The van der Waals surface area contributed by atoms with Gasteiger partial charge in [-0.05, 0) is 25.1 Å². The lowest BCUT2D eigenvalue weighted by Gasteiger charge is -2.20. The molecule has 0 spiro atoms. The second kappa shape index (κ2) is 6.13. The molecule has 1 rings (SSSR count). The van der Waals surface area contributed by atoms with E-state index in [2.05, 4.69) is 5.32 Å². The van der Waals surface area contributed by atoms with Gasteiger partial charge in [-0.2, -0.15) is 13.2 Å². The Morgan fingerprint density at radius 2 is 2.05 bits per heavy atom. The molecule has 1 aromatic rings. The zero-order valence-corrected chi connectivity index (χ0v) is 11.5. The first kappa shape index (κ1) is 16.3. The van der Waals surface area contributed by atoms with Gasteiger partial charge in [0.15, 0.2) is 0 Å². The Kier molecular flexibility index (Phi) is 4.99. The number of benzene rings is 1. The Bertz CT molecular complexity index is 487. The SMILES string of the molecule is CNc1ccc(C(=O)N(C)CC(C)O)cc1C(F)(F)F. The summed E-state index contributed by atoms with van der Waals surface area (Å²) < 4.78 is 38.7. The normalized spacial score (nSPS) is 12.9. The molecular weight excluding hydrogens is 273 g/mol. The predicted octanol–water partition coefficient (Wildman–Crippen LogP) is 2.20. The number of nitrogens with zero attached hydrogens (tertiary/aromatic N) is 1. The Morgan fingerprint density at radius 1 is 1.45 bits per heavy atom. The molecule has 0 heterocycles. The first-order valence-electron chi connectivity index (χ1n) is 5.99. The lowest BCUT2D eigenvalue weighted by molar-refractivity contribution is -0.137. The lowest BCUT2D eigenvalue weighted by atomic mass is 10.1. The van der Waals surface area contributed by atoms with Crippen LogP contribution < -0.4 is 5.32 Å². The number of rotatable bonds is 4. The molecule has 7 heteroatoms. The molecule has 20 heavy (non-hydrogen) atoms. The quantitative estimate of drug-likeness (QED) is 0.894. The number of nitrogens with one attached hydrogen (secondary N) is 1. The minimum Gasteiger partial charge on any atom is -0.392 e. The van der Waals surface area contributed by atoms with Crippen LogP contribution in [0.4, 0.5) is 18.9 Å². The highest BCUT2D eigenvalue weighted by Gasteiger charge is 2.34. The minimum atomic E-state index is -4.54. The number of aliphatic hydroxyl groups excluding tert-OH is 1. The Labute approximate surface area is 115 Å². The predicted molar refractivity (Wildman–Crippen MR) is 69.6 cm³/mol. The van der Waals surface area contributed by atoms with Gasteiger partial charge in [-0.1, -0.05) is 0 Å². The number of carbonyl (C=O) groups is 1. The summed E-state index contributed by atoms with van der Waals surface area (Å²) in [5.41, 5.74) is -1.05. The van der Waals surface area contributed by atoms with E-state index in [1.54, 1.807) is 0 Å². The topological polar surface area (TPSA) is 52.6 Å². The van der Waals surface area contributed by atoms with E-state index in [-0.39, 0.29) is 17.8 Å². The fraction of sp³-hybridized carbons (Fsp3) is 0.462. The molecule has 0 aliphatic rings. The molecular formula is C13H17F3N2O2. The summed E-state index contributed by atoms with van der Waals surface area (Å²) in [5.74, 6) is -0.570. The summed E-state index contributed by atoms with van der Waals surface area (Å²) in [4.78, 5) is 13.2. The molecule has 2 N–H and O–H groups in total. The smallest absolute Gasteiger partial charge is 0.392 e. The fourth-order valence-electron chi connectivity index (χ4n) is 1.83. The first-order valence-corrected chi connectivity index (χ1v) is 5.99. The van der Waals surface area contributed by atoms with Gasteiger partial charge in [0.05, 0.1) is 11.7 Å². The van der Waals surface area contributed by atoms with Gasteiger partial charge in [-0.25, -0.2) is 0 Å². The van der Waals surface area contributed by atoms with Crippen LogP contribution in [-0.4, -0.2) is 42.7 Å². The maximum absolute atomic E-state index is 12.9. The van der Waals surface area contributed by atoms with Crippen molar-refractivity contribution in [3.63, 3.8) is 0 Å². The van der Waals surface area contributed by atoms with Crippen LogP contribution >= 0.6 is 0 Å². The molecule has 0 bridgehead atoms. The van der Waals surface area contributed by atoms with Gasteiger partial charge in [0.25, 0.3) is 5.91 Å². The molecule has 0 saturated heterocycles. The Morgan fingerprint density at radius 3 is 2.50 bits per heavy atom. The molecule has 4 nitrogen and oxygen atoms in total. The van der Waals surface area contributed by atoms with Crippen molar-refractivity contribution in [1.82, 2.24) is 4.90 Å². The lowest BCUT2D eigenvalue weighted by Crippen LogP contribution is -2.33. The molecule has 0 fully saturated rings. The summed E-state index contributed by atoms with van der Waals surface area (Å²) in [7, 11) is 2.81. The van der Waals surface area contributed by atoms with E-state index < -0.39 is 23.8 Å². The molecule has 1 unspecified atom stereocenters. The van der Waals surface area contributed by atoms with Crippen molar-refractivity contribution in [3.8, 4) is 0 Å². The number of halogens is 3. The van der Waals surface area contributed by atoms with Gasteiger partial charge >= 0.3 is 6.18 Å². The number of aliphatic hydroxyl groups is 1. The third kappa shape index (κ3) is 3.86. The van der Waals surface area contributed by atoms with Crippen LogP contribution in [0.2, 0.25) is 0 Å². The maximum atomic E-state index is 12.9. The van der Waals surface area contributed by atoms with Crippen molar-refractivity contribution in [2.45, 2.75) is 19.2 Å². The second-order valence-electron chi connectivity index (χ2n) is 4.54. The number of anilines is 1. The van der Waals surface area contributed by atoms with E-state index in [0.717, 1.165) is 6.07 Å². The summed E-state index contributed by atoms with van der Waals surface area (Å²) in [6.45, 7) is 1.54. The highest BCUT2D eigenvalue weighted by atomic mass is 19.4. The molecule has 112 valence electrons. The monoisotopic (exact) mass is 290 g/mol. The zero-order valence-electron chi connectivity index (χ0n) is 11.5. The standard InChI is InChI=1S/C13H17F3N2O2/c1-8(19)7-18(3)12(20)9-4-5-11(17-2)10(6-9)13(14,15)16/h4-6,8,17,19H,7H2,1-3H3. The molecule has 0 aromatic heterocycles. The number of hydrogen-bond acceptors (Lipinski definition) is 3. The van der Waals surface area contributed by atoms with Crippen LogP contribution in [0.3, 0.4) is 0 Å². The van der Waals surface area contributed by atoms with Crippen molar-refractivity contribution >= 4 is 11.6 Å². The van der Waals surface area contributed by atoms with Crippen LogP contribution in [0.25, 0.3) is 0 Å². The molecule has 0 aliphatic heterocycles. The summed E-state index contributed by atoms with van der Waals surface area (Å²) in [5, 5.41) is 11.6.